The monoisotopic (exact) mass is 475 g/mol. The van der Waals surface area contributed by atoms with E-state index in [0.29, 0.717) is 29.9 Å². The lowest BCUT2D eigenvalue weighted by molar-refractivity contribution is 0.0730. The average molecular weight is 476 g/mol. The molecule has 0 unspecified atom stereocenters. The van der Waals surface area contributed by atoms with Crippen LogP contribution in [-0.4, -0.2) is 68.8 Å². The van der Waals surface area contributed by atoms with Gasteiger partial charge < -0.3 is 15.0 Å². The van der Waals surface area contributed by atoms with Crippen molar-refractivity contribution in [3.8, 4) is 0 Å². The summed E-state index contributed by atoms with van der Waals surface area (Å²) in [7, 11) is -3.89. The highest BCUT2D eigenvalue weighted by Crippen LogP contribution is 2.25. The van der Waals surface area contributed by atoms with Crippen LogP contribution in [0.15, 0.2) is 41.3 Å². The van der Waals surface area contributed by atoms with Crippen LogP contribution in [0, 0.1) is 12.7 Å². The van der Waals surface area contributed by atoms with E-state index in [-0.39, 0.29) is 42.7 Å². The Morgan fingerprint density at radius 2 is 1.70 bits per heavy atom. The van der Waals surface area contributed by atoms with Crippen molar-refractivity contribution in [2.75, 3.05) is 44.7 Å². The lowest BCUT2D eigenvalue weighted by Crippen LogP contribution is -2.40. The van der Waals surface area contributed by atoms with Gasteiger partial charge in [-0.25, -0.2) is 12.8 Å². The van der Waals surface area contributed by atoms with Gasteiger partial charge >= 0.3 is 0 Å². The summed E-state index contributed by atoms with van der Waals surface area (Å²) in [6.45, 7) is 4.05. The Morgan fingerprint density at radius 3 is 2.39 bits per heavy atom. The van der Waals surface area contributed by atoms with E-state index in [1.165, 1.54) is 4.31 Å². The second-order valence-corrected chi connectivity index (χ2v) is 10.0. The minimum absolute atomic E-state index is 0.106. The Morgan fingerprint density at radius 1 is 1.00 bits per heavy atom. The predicted molar refractivity (Wildman–Crippen MR) is 120 cm³/mol. The van der Waals surface area contributed by atoms with Crippen molar-refractivity contribution in [2.45, 2.75) is 24.7 Å². The molecule has 4 rings (SSSR count). The van der Waals surface area contributed by atoms with Crippen molar-refractivity contribution in [3.05, 3.63) is 58.9 Å². The summed E-state index contributed by atoms with van der Waals surface area (Å²) in [5.41, 5.74) is 1.02. The first-order valence-electron chi connectivity index (χ1n) is 10.9. The van der Waals surface area contributed by atoms with Crippen LogP contribution in [0.5, 0.6) is 0 Å². The maximum atomic E-state index is 14.5. The molecule has 2 fully saturated rings. The van der Waals surface area contributed by atoms with Gasteiger partial charge in [-0.15, -0.1) is 0 Å². The van der Waals surface area contributed by atoms with Crippen LogP contribution in [0.1, 0.15) is 39.1 Å². The number of nitrogens with one attached hydrogen (secondary N) is 1. The zero-order chi connectivity index (χ0) is 23.6. The van der Waals surface area contributed by atoms with E-state index in [2.05, 4.69) is 5.32 Å². The Balaban J connectivity index is 1.58. The van der Waals surface area contributed by atoms with Crippen LogP contribution >= 0.6 is 0 Å². The normalized spacial score (nSPS) is 17.2. The molecule has 0 bridgehead atoms. The lowest BCUT2D eigenvalue weighted by Gasteiger charge is -2.26. The summed E-state index contributed by atoms with van der Waals surface area (Å²) in [6, 6.07) is 8.15. The van der Waals surface area contributed by atoms with Crippen molar-refractivity contribution >= 4 is 27.5 Å². The molecule has 176 valence electrons. The molecular weight excluding hydrogens is 449 g/mol. The van der Waals surface area contributed by atoms with Gasteiger partial charge in [-0.1, -0.05) is 6.07 Å². The summed E-state index contributed by atoms with van der Waals surface area (Å²) in [6.07, 6.45) is 1.92. The number of benzene rings is 2. The van der Waals surface area contributed by atoms with Crippen LogP contribution in [-0.2, 0) is 14.8 Å². The second-order valence-electron chi connectivity index (χ2n) is 8.09. The highest BCUT2D eigenvalue weighted by atomic mass is 32.2. The summed E-state index contributed by atoms with van der Waals surface area (Å²) in [5, 5.41) is 2.63. The summed E-state index contributed by atoms with van der Waals surface area (Å²) >= 11 is 0. The number of hydrogen-bond donors (Lipinski definition) is 1. The molecule has 33 heavy (non-hydrogen) atoms. The average Bonchev–Trinajstić information content (AvgIpc) is 3.36. The SMILES string of the molecule is Cc1c(NC(=O)c2cc(S(=O)(=O)N3CCOCC3)ccc2F)cccc1C(=O)N1CCCC1. The highest BCUT2D eigenvalue weighted by Gasteiger charge is 2.28. The van der Waals surface area contributed by atoms with Crippen LogP contribution in [0.25, 0.3) is 0 Å². The Bertz CT molecular complexity index is 1170. The van der Waals surface area contributed by atoms with E-state index in [1.807, 2.05) is 0 Å². The fraction of sp³-hybridized carbons (Fsp3) is 0.391. The van der Waals surface area contributed by atoms with Gasteiger partial charge in [-0.05, 0) is 55.7 Å². The number of morpholine rings is 1. The molecule has 0 radical (unpaired) electrons. The van der Waals surface area contributed by atoms with Gasteiger partial charge in [-0.2, -0.15) is 4.31 Å². The molecule has 10 heteroatoms. The molecule has 0 saturated carbocycles. The Hall–Kier alpha value is -2.82. The topological polar surface area (TPSA) is 96.0 Å². The van der Waals surface area contributed by atoms with E-state index >= 15 is 0 Å². The molecule has 2 saturated heterocycles. The van der Waals surface area contributed by atoms with Crippen molar-refractivity contribution in [1.29, 1.82) is 0 Å². The molecular formula is C23H26FN3O5S. The zero-order valence-electron chi connectivity index (χ0n) is 18.3. The predicted octanol–water partition coefficient (Wildman–Crippen LogP) is 2.64. The first-order chi connectivity index (χ1) is 15.8. The molecule has 8 nitrogen and oxygen atoms in total. The standard InChI is InChI=1S/C23H26FN3O5S/c1-16-18(23(29)26-9-2-3-10-26)5-4-6-21(16)25-22(28)19-15-17(7-8-20(19)24)33(30,31)27-11-13-32-14-12-27/h4-8,15H,2-3,9-14H2,1H3,(H,25,28). The smallest absolute Gasteiger partial charge is 0.258 e. The van der Waals surface area contributed by atoms with Gasteiger partial charge in [-0.3, -0.25) is 9.59 Å². The number of likely N-dealkylation sites (tertiary alicyclic amines) is 1. The highest BCUT2D eigenvalue weighted by molar-refractivity contribution is 7.89. The molecule has 1 N–H and O–H groups in total. The maximum Gasteiger partial charge on any atom is 0.258 e. The van der Waals surface area contributed by atoms with Crippen molar-refractivity contribution in [1.82, 2.24) is 9.21 Å². The number of rotatable bonds is 5. The lowest BCUT2D eigenvalue weighted by atomic mass is 10.0. The second kappa shape index (κ2) is 9.58. The van der Waals surface area contributed by atoms with E-state index in [4.69, 9.17) is 4.74 Å². The van der Waals surface area contributed by atoms with Gasteiger partial charge in [0, 0.05) is 37.4 Å². The molecule has 2 heterocycles. The fourth-order valence-corrected chi connectivity index (χ4v) is 5.49. The van der Waals surface area contributed by atoms with E-state index in [9.17, 15) is 22.4 Å². The van der Waals surface area contributed by atoms with Gasteiger partial charge in [0.15, 0.2) is 0 Å². The molecule has 2 aromatic rings. The minimum atomic E-state index is -3.89. The molecule has 2 aliphatic rings. The van der Waals surface area contributed by atoms with E-state index in [1.54, 1.807) is 30.0 Å². The third-order valence-electron chi connectivity index (χ3n) is 6.00. The number of nitrogens with zero attached hydrogens (tertiary/aromatic N) is 2. The first-order valence-corrected chi connectivity index (χ1v) is 12.3. The third kappa shape index (κ3) is 4.78. The summed E-state index contributed by atoms with van der Waals surface area (Å²) in [5.74, 6) is -1.73. The van der Waals surface area contributed by atoms with Crippen molar-refractivity contribution in [3.63, 3.8) is 0 Å². The van der Waals surface area contributed by atoms with Crippen LogP contribution < -0.4 is 5.32 Å². The van der Waals surface area contributed by atoms with E-state index < -0.39 is 21.7 Å². The number of ether oxygens (including phenoxy) is 1. The third-order valence-corrected chi connectivity index (χ3v) is 7.89. The quantitative estimate of drug-likeness (QED) is 0.717. The number of sulfonamides is 1. The number of carbonyl (C=O) groups is 2. The van der Waals surface area contributed by atoms with Gasteiger partial charge in [0.25, 0.3) is 11.8 Å². The number of halogens is 1. The van der Waals surface area contributed by atoms with Crippen molar-refractivity contribution in [2.24, 2.45) is 0 Å². The van der Waals surface area contributed by atoms with Crippen molar-refractivity contribution < 1.29 is 27.1 Å². The van der Waals surface area contributed by atoms with Gasteiger partial charge in [0.2, 0.25) is 10.0 Å². The van der Waals surface area contributed by atoms with Gasteiger partial charge in [0.1, 0.15) is 5.82 Å². The molecule has 0 aromatic heterocycles. The number of amides is 2. The van der Waals surface area contributed by atoms with Crippen LogP contribution in [0.3, 0.4) is 0 Å². The summed E-state index contributed by atoms with van der Waals surface area (Å²) in [4.78, 5) is 27.3. The molecule has 0 atom stereocenters. The van der Waals surface area contributed by atoms with Crippen LogP contribution in [0.4, 0.5) is 10.1 Å². The Labute approximate surface area is 192 Å². The van der Waals surface area contributed by atoms with Crippen LogP contribution in [0.2, 0.25) is 0 Å². The molecule has 2 amide bonds. The maximum absolute atomic E-state index is 14.5. The summed E-state index contributed by atoms with van der Waals surface area (Å²) < 4.78 is 46.8. The zero-order valence-corrected chi connectivity index (χ0v) is 19.2. The minimum Gasteiger partial charge on any atom is -0.379 e. The molecule has 2 aliphatic heterocycles. The number of carbonyl (C=O) groups excluding carboxylic acids is 2. The molecule has 0 spiro atoms. The molecule has 0 aliphatic carbocycles. The number of hydrogen-bond acceptors (Lipinski definition) is 5. The molecule has 2 aromatic carbocycles. The first kappa shape index (κ1) is 23.3. The largest absolute Gasteiger partial charge is 0.379 e. The number of anilines is 1. The fourth-order valence-electron chi connectivity index (χ4n) is 4.06. The Kier molecular flexibility index (Phi) is 6.78. The van der Waals surface area contributed by atoms with Gasteiger partial charge in [0.05, 0.1) is 23.7 Å². The van der Waals surface area contributed by atoms with E-state index in [0.717, 1.165) is 31.0 Å².